The van der Waals surface area contributed by atoms with E-state index in [-0.39, 0.29) is 5.92 Å². The first-order valence-corrected chi connectivity index (χ1v) is 6.92. The summed E-state index contributed by atoms with van der Waals surface area (Å²) in [5.41, 5.74) is 4.76. The lowest BCUT2D eigenvalue weighted by Crippen LogP contribution is -2.22. The van der Waals surface area contributed by atoms with Crippen molar-refractivity contribution in [3.63, 3.8) is 0 Å². The lowest BCUT2D eigenvalue weighted by Gasteiger charge is -2.29. The van der Waals surface area contributed by atoms with E-state index in [0.29, 0.717) is 11.5 Å². The molecule has 1 aromatic rings. The van der Waals surface area contributed by atoms with Crippen LogP contribution < -0.4 is 5.32 Å². The molecule has 1 atom stereocenters. The standard InChI is InChI=1S/C18H20N2O/c1-11(2)16-13(4)21-18(20-5)15(10-19)17(16)14-8-6-12(3)7-9-14/h6-9,17,20H,1H2,2-5H3. The first kappa shape index (κ1) is 14.9. The van der Waals surface area contributed by atoms with Gasteiger partial charge in [-0.25, -0.2) is 0 Å². The molecule has 1 aliphatic heterocycles. The van der Waals surface area contributed by atoms with Crippen LogP contribution in [-0.2, 0) is 4.74 Å². The van der Waals surface area contributed by atoms with Gasteiger partial charge in [-0.1, -0.05) is 42.0 Å². The fourth-order valence-corrected chi connectivity index (χ4v) is 2.68. The molecule has 1 aliphatic rings. The topological polar surface area (TPSA) is 45.0 Å². The second kappa shape index (κ2) is 5.88. The first-order chi connectivity index (χ1) is 9.99. The number of ether oxygens (including phenoxy) is 1. The van der Waals surface area contributed by atoms with E-state index in [1.54, 1.807) is 7.05 Å². The molecule has 108 valence electrons. The molecule has 0 radical (unpaired) electrons. The van der Waals surface area contributed by atoms with Crippen LogP contribution in [0.25, 0.3) is 0 Å². The number of benzene rings is 1. The predicted octanol–water partition coefficient (Wildman–Crippen LogP) is 3.91. The zero-order valence-corrected chi connectivity index (χ0v) is 12.9. The number of hydrogen-bond donors (Lipinski definition) is 1. The van der Waals surface area contributed by atoms with Gasteiger partial charge >= 0.3 is 0 Å². The van der Waals surface area contributed by atoms with E-state index in [1.807, 2.05) is 13.8 Å². The monoisotopic (exact) mass is 280 g/mol. The van der Waals surface area contributed by atoms with Crippen molar-refractivity contribution in [2.45, 2.75) is 26.7 Å². The Bertz CT molecular complexity index is 672. The molecule has 0 aromatic heterocycles. The molecule has 1 unspecified atom stereocenters. The fraction of sp³-hybridized carbons (Fsp3) is 0.278. The Morgan fingerprint density at radius 1 is 1.29 bits per heavy atom. The third-order valence-electron chi connectivity index (χ3n) is 3.67. The molecule has 0 spiro atoms. The van der Waals surface area contributed by atoms with Gasteiger partial charge in [0.15, 0.2) is 0 Å². The summed E-state index contributed by atoms with van der Waals surface area (Å²) >= 11 is 0. The van der Waals surface area contributed by atoms with Crippen molar-refractivity contribution < 1.29 is 4.74 Å². The largest absolute Gasteiger partial charge is 0.445 e. The van der Waals surface area contributed by atoms with Crippen LogP contribution in [0.4, 0.5) is 0 Å². The van der Waals surface area contributed by atoms with Crippen LogP contribution in [0.15, 0.2) is 59.2 Å². The van der Waals surface area contributed by atoms with Crippen molar-refractivity contribution in [1.29, 1.82) is 5.26 Å². The molecule has 0 aliphatic carbocycles. The number of allylic oxidation sites excluding steroid dienone is 4. The Morgan fingerprint density at radius 3 is 2.38 bits per heavy atom. The summed E-state index contributed by atoms with van der Waals surface area (Å²) in [6.45, 7) is 9.96. The van der Waals surface area contributed by atoms with Crippen LogP contribution in [0.1, 0.15) is 30.9 Å². The number of rotatable bonds is 3. The van der Waals surface area contributed by atoms with Crippen LogP contribution in [0.3, 0.4) is 0 Å². The van der Waals surface area contributed by atoms with Gasteiger partial charge in [0.2, 0.25) is 5.88 Å². The SMILES string of the molecule is C=C(C)C1=C(C)OC(NC)=C(C#N)C1c1ccc(C)cc1. The van der Waals surface area contributed by atoms with Crippen molar-refractivity contribution in [3.05, 3.63) is 70.3 Å². The highest BCUT2D eigenvalue weighted by molar-refractivity contribution is 5.54. The van der Waals surface area contributed by atoms with Gasteiger partial charge in [0.1, 0.15) is 17.4 Å². The van der Waals surface area contributed by atoms with Crippen molar-refractivity contribution >= 4 is 0 Å². The minimum Gasteiger partial charge on any atom is -0.445 e. The lowest BCUT2D eigenvalue weighted by molar-refractivity contribution is 0.263. The summed E-state index contributed by atoms with van der Waals surface area (Å²) in [5, 5.41) is 12.6. The highest BCUT2D eigenvalue weighted by atomic mass is 16.5. The fourth-order valence-electron chi connectivity index (χ4n) is 2.68. The van der Waals surface area contributed by atoms with Gasteiger partial charge in [-0.05, 0) is 26.3 Å². The van der Waals surface area contributed by atoms with E-state index >= 15 is 0 Å². The molecular weight excluding hydrogens is 260 g/mol. The quantitative estimate of drug-likeness (QED) is 0.913. The molecule has 2 rings (SSSR count). The third kappa shape index (κ3) is 2.71. The van der Waals surface area contributed by atoms with E-state index in [9.17, 15) is 5.26 Å². The molecule has 0 saturated heterocycles. The summed E-state index contributed by atoms with van der Waals surface area (Å²) in [7, 11) is 1.76. The number of nitrogens with zero attached hydrogens (tertiary/aromatic N) is 1. The zero-order chi connectivity index (χ0) is 15.6. The normalized spacial score (nSPS) is 18.1. The number of nitriles is 1. The summed E-state index contributed by atoms with van der Waals surface area (Å²) in [5.74, 6) is 1.17. The van der Waals surface area contributed by atoms with Gasteiger partial charge in [0, 0.05) is 12.6 Å². The van der Waals surface area contributed by atoms with Crippen LogP contribution in [0.2, 0.25) is 0 Å². The smallest absolute Gasteiger partial charge is 0.207 e. The van der Waals surface area contributed by atoms with E-state index in [0.717, 1.165) is 22.5 Å². The Hall–Kier alpha value is -2.47. The second-order valence-electron chi connectivity index (χ2n) is 5.30. The number of nitrogens with one attached hydrogen (secondary N) is 1. The zero-order valence-electron chi connectivity index (χ0n) is 12.9. The van der Waals surface area contributed by atoms with Crippen molar-refractivity contribution in [3.8, 4) is 6.07 Å². The Morgan fingerprint density at radius 2 is 1.90 bits per heavy atom. The van der Waals surface area contributed by atoms with Gasteiger partial charge in [-0.2, -0.15) is 5.26 Å². The van der Waals surface area contributed by atoms with E-state index < -0.39 is 0 Å². The highest BCUT2D eigenvalue weighted by Crippen LogP contribution is 2.42. The summed E-state index contributed by atoms with van der Waals surface area (Å²) in [4.78, 5) is 0. The van der Waals surface area contributed by atoms with Gasteiger partial charge in [0.25, 0.3) is 0 Å². The molecule has 1 N–H and O–H groups in total. The molecule has 0 bridgehead atoms. The van der Waals surface area contributed by atoms with Gasteiger partial charge < -0.3 is 10.1 Å². The molecular formula is C18H20N2O. The van der Waals surface area contributed by atoms with Gasteiger partial charge in [-0.15, -0.1) is 0 Å². The van der Waals surface area contributed by atoms with Crippen molar-refractivity contribution in [2.24, 2.45) is 0 Å². The molecule has 3 nitrogen and oxygen atoms in total. The van der Waals surface area contributed by atoms with Crippen LogP contribution in [-0.4, -0.2) is 7.05 Å². The highest BCUT2D eigenvalue weighted by Gasteiger charge is 2.32. The molecule has 3 heteroatoms. The minimum absolute atomic E-state index is 0.135. The van der Waals surface area contributed by atoms with Crippen LogP contribution in [0, 0.1) is 18.3 Å². The third-order valence-corrected chi connectivity index (χ3v) is 3.67. The van der Waals surface area contributed by atoms with Crippen molar-refractivity contribution in [2.75, 3.05) is 7.05 Å². The van der Waals surface area contributed by atoms with Crippen LogP contribution >= 0.6 is 0 Å². The summed E-state index contributed by atoms with van der Waals surface area (Å²) in [6.07, 6.45) is 0. The Balaban J connectivity index is 2.66. The average Bonchev–Trinajstić information content (AvgIpc) is 2.46. The average molecular weight is 280 g/mol. The molecule has 0 amide bonds. The number of aryl methyl sites for hydroxylation is 1. The van der Waals surface area contributed by atoms with Crippen LogP contribution in [0.5, 0.6) is 0 Å². The van der Waals surface area contributed by atoms with E-state index in [1.165, 1.54) is 5.56 Å². The maximum atomic E-state index is 9.58. The molecule has 1 heterocycles. The van der Waals surface area contributed by atoms with Crippen molar-refractivity contribution in [1.82, 2.24) is 5.32 Å². The minimum atomic E-state index is -0.135. The first-order valence-electron chi connectivity index (χ1n) is 6.92. The second-order valence-corrected chi connectivity index (χ2v) is 5.30. The summed E-state index contributed by atoms with van der Waals surface area (Å²) < 4.78 is 5.75. The predicted molar refractivity (Wildman–Crippen MR) is 84.2 cm³/mol. The van der Waals surface area contributed by atoms with E-state index in [4.69, 9.17) is 4.74 Å². The lowest BCUT2D eigenvalue weighted by atomic mass is 9.80. The Kier molecular flexibility index (Phi) is 4.18. The maximum Gasteiger partial charge on any atom is 0.207 e. The molecule has 21 heavy (non-hydrogen) atoms. The molecule has 0 saturated carbocycles. The number of hydrogen-bond acceptors (Lipinski definition) is 3. The maximum absolute atomic E-state index is 9.58. The van der Waals surface area contributed by atoms with Gasteiger partial charge in [-0.3, -0.25) is 0 Å². The summed E-state index contributed by atoms with van der Waals surface area (Å²) in [6, 6.07) is 10.5. The Labute approximate surface area is 126 Å². The molecule has 0 fully saturated rings. The van der Waals surface area contributed by atoms with Gasteiger partial charge in [0.05, 0.1) is 5.92 Å². The molecule has 1 aromatic carbocycles. The van der Waals surface area contributed by atoms with E-state index in [2.05, 4.69) is 49.2 Å².